The van der Waals surface area contributed by atoms with Crippen molar-refractivity contribution in [1.29, 1.82) is 0 Å². The van der Waals surface area contributed by atoms with E-state index in [9.17, 15) is 0 Å². The van der Waals surface area contributed by atoms with E-state index in [0.717, 1.165) is 13.8 Å². The van der Waals surface area contributed by atoms with Gasteiger partial charge in [0.25, 0.3) is 0 Å². The quantitative estimate of drug-likeness (QED) is 0.213. The Morgan fingerprint density at radius 3 is 1.76 bits per heavy atom. The lowest BCUT2D eigenvalue weighted by Crippen LogP contribution is -1.83. The lowest BCUT2D eigenvalue weighted by atomic mass is 10.3. The molecular formula is C12H3Br2Cl5S2. The van der Waals surface area contributed by atoms with Crippen molar-refractivity contribution in [1.82, 2.24) is 0 Å². The highest BCUT2D eigenvalue weighted by Crippen LogP contribution is 2.52. The maximum absolute atomic E-state index is 6.19. The van der Waals surface area contributed by atoms with Crippen molar-refractivity contribution in [3.8, 4) is 0 Å². The lowest BCUT2D eigenvalue weighted by molar-refractivity contribution is 1.40. The molecule has 0 amide bonds. The minimum atomic E-state index is 0.160. The van der Waals surface area contributed by atoms with E-state index in [4.69, 9.17) is 58.0 Å². The fourth-order valence-corrected chi connectivity index (χ4v) is 6.90. The Balaban J connectivity index is 2.32. The van der Waals surface area contributed by atoms with Crippen molar-refractivity contribution in [3.63, 3.8) is 0 Å². The van der Waals surface area contributed by atoms with Crippen LogP contribution in [-0.2, 0) is 0 Å². The molecule has 0 saturated heterocycles. The van der Waals surface area contributed by atoms with Gasteiger partial charge in [-0.25, -0.2) is 0 Å². The molecule has 0 spiro atoms. The van der Waals surface area contributed by atoms with Crippen LogP contribution in [0.2, 0.25) is 25.1 Å². The Morgan fingerprint density at radius 2 is 1.24 bits per heavy atom. The molecule has 0 aliphatic carbocycles. The lowest BCUT2D eigenvalue weighted by Gasteiger charge is -2.12. The molecular weight excluding hydrogens is 545 g/mol. The van der Waals surface area contributed by atoms with Crippen LogP contribution in [0.25, 0.3) is 0 Å². The largest absolute Gasteiger partial charge is 0.0813 e. The van der Waals surface area contributed by atoms with Crippen molar-refractivity contribution in [2.75, 3.05) is 0 Å². The van der Waals surface area contributed by atoms with Gasteiger partial charge in [-0.2, -0.15) is 0 Å². The van der Waals surface area contributed by atoms with E-state index in [1.54, 1.807) is 0 Å². The van der Waals surface area contributed by atoms with Gasteiger partial charge in [0.2, 0.25) is 0 Å². The van der Waals surface area contributed by atoms with Crippen LogP contribution in [0.15, 0.2) is 36.9 Å². The zero-order valence-electron chi connectivity index (χ0n) is 9.69. The van der Waals surface area contributed by atoms with Crippen molar-refractivity contribution in [2.24, 2.45) is 0 Å². The second-order valence-corrected chi connectivity index (χ2v) is 9.48. The van der Waals surface area contributed by atoms with E-state index in [1.807, 2.05) is 18.2 Å². The number of halogens is 7. The molecule has 2 aromatic carbocycles. The zero-order chi connectivity index (χ0) is 15.7. The molecule has 2 rings (SSSR count). The molecule has 0 atom stereocenters. The number of rotatable bonds is 3. The normalized spacial score (nSPS) is 11.0. The van der Waals surface area contributed by atoms with Crippen LogP contribution in [0, 0.1) is 0 Å². The number of hydrogen-bond acceptors (Lipinski definition) is 2. The monoisotopic (exact) mass is 544 g/mol. The first-order valence-electron chi connectivity index (χ1n) is 5.14. The molecule has 0 fully saturated rings. The standard InChI is InChI=1S/C12H3Br2Cl5S2/c13-4-1-2-6(5(14)3-4)20-21-12-10(18)8(16)7(15)9(17)11(12)19/h1-3H. The highest BCUT2D eigenvalue weighted by molar-refractivity contribution is 9.11. The number of benzene rings is 2. The molecule has 0 aromatic heterocycles. The average Bonchev–Trinajstić information content (AvgIpc) is 2.45. The summed E-state index contributed by atoms with van der Waals surface area (Å²) in [5.74, 6) is 0. The van der Waals surface area contributed by atoms with Gasteiger partial charge in [0, 0.05) is 13.8 Å². The molecule has 21 heavy (non-hydrogen) atoms. The smallest absolute Gasteiger partial charge is 0.0809 e. The minimum absolute atomic E-state index is 0.160. The summed E-state index contributed by atoms with van der Waals surface area (Å²) < 4.78 is 1.94. The van der Waals surface area contributed by atoms with E-state index in [0.29, 0.717) is 14.9 Å². The van der Waals surface area contributed by atoms with E-state index in [2.05, 4.69) is 31.9 Å². The zero-order valence-corrected chi connectivity index (χ0v) is 18.3. The van der Waals surface area contributed by atoms with E-state index >= 15 is 0 Å². The SMILES string of the molecule is Clc1c(Cl)c(Cl)c(SSc2ccc(Br)cc2Br)c(Cl)c1Cl. The summed E-state index contributed by atoms with van der Waals surface area (Å²) >= 11 is 37.3. The van der Waals surface area contributed by atoms with Gasteiger partial charge in [-0.05, 0) is 44.9 Å². The first kappa shape index (κ1) is 18.9. The Kier molecular flexibility index (Phi) is 7.27. The number of hydrogen-bond donors (Lipinski definition) is 0. The van der Waals surface area contributed by atoms with Gasteiger partial charge >= 0.3 is 0 Å². The summed E-state index contributed by atoms with van der Waals surface area (Å²) in [6.45, 7) is 0. The van der Waals surface area contributed by atoms with Gasteiger partial charge in [-0.3, -0.25) is 0 Å². The first-order valence-corrected chi connectivity index (χ1v) is 10.8. The Bertz CT molecular complexity index is 680. The van der Waals surface area contributed by atoms with Gasteiger partial charge in [-0.15, -0.1) is 0 Å². The highest BCUT2D eigenvalue weighted by Gasteiger charge is 2.20. The van der Waals surface area contributed by atoms with Crippen molar-refractivity contribution in [2.45, 2.75) is 9.79 Å². The van der Waals surface area contributed by atoms with Crippen molar-refractivity contribution >= 4 is 111 Å². The molecule has 0 bridgehead atoms. The summed E-state index contributed by atoms with van der Waals surface area (Å²) in [5, 5.41) is 1.15. The molecule has 2 aromatic rings. The third kappa shape index (κ3) is 4.34. The second kappa shape index (κ2) is 8.09. The molecule has 0 saturated carbocycles. The first-order chi connectivity index (χ1) is 9.82. The second-order valence-electron chi connectivity index (χ2n) is 3.64. The summed E-state index contributed by atoms with van der Waals surface area (Å²) in [6, 6.07) is 5.86. The van der Waals surface area contributed by atoms with Gasteiger partial charge in [0.1, 0.15) is 0 Å². The van der Waals surface area contributed by atoms with Gasteiger partial charge in [-0.1, -0.05) is 84.7 Å². The summed E-state index contributed by atoms with van der Waals surface area (Å²) in [5.41, 5.74) is 0. The highest BCUT2D eigenvalue weighted by atomic mass is 79.9. The molecule has 0 nitrogen and oxygen atoms in total. The molecule has 0 aliphatic heterocycles. The molecule has 0 N–H and O–H groups in total. The Hall–Kier alpha value is 1.55. The molecule has 0 aliphatic rings. The third-order valence-corrected chi connectivity index (χ3v) is 8.67. The molecule has 0 heterocycles. The van der Waals surface area contributed by atoms with E-state index in [1.165, 1.54) is 21.6 Å². The Morgan fingerprint density at radius 1 is 0.714 bits per heavy atom. The van der Waals surface area contributed by atoms with Crippen LogP contribution in [0.4, 0.5) is 0 Å². The van der Waals surface area contributed by atoms with Crippen LogP contribution in [0.1, 0.15) is 0 Å². The molecule has 9 heteroatoms. The summed E-state index contributed by atoms with van der Waals surface area (Å²) in [7, 11) is 2.84. The van der Waals surface area contributed by atoms with E-state index < -0.39 is 0 Å². The molecule has 112 valence electrons. The van der Waals surface area contributed by atoms with Crippen molar-refractivity contribution in [3.05, 3.63) is 52.3 Å². The molecule has 0 radical (unpaired) electrons. The van der Waals surface area contributed by atoms with Crippen molar-refractivity contribution < 1.29 is 0 Å². The minimum Gasteiger partial charge on any atom is -0.0813 e. The predicted octanol–water partition coefficient (Wildman–Crippen LogP) is 9.28. The average molecular weight is 548 g/mol. The van der Waals surface area contributed by atoms with Crippen LogP contribution in [-0.4, -0.2) is 0 Å². The fourth-order valence-electron chi connectivity index (χ4n) is 1.29. The predicted molar refractivity (Wildman–Crippen MR) is 105 cm³/mol. The van der Waals surface area contributed by atoms with E-state index in [-0.39, 0.29) is 15.1 Å². The topological polar surface area (TPSA) is 0 Å². The van der Waals surface area contributed by atoms with Crippen LogP contribution in [0.5, 0.6) is 0 Å². The van der Waals surface area contributed by atoms with Crippen LogP contribution < -0.4 is 0 Å². The Labute approximate surface area is 171 Å². The van der Waals surface area contributed by atoms with Gasteiger partial charge < -0.3 is 0 Å². The van der Waals surface area contributed by atoms with Crippen LogP contribution in [0.3, 0.4) is 0 Å². The maximum atomic E-state index is 6.19. The van der Waals surface area contributed by atoms with Gasteiger partial charge in [0.05, 0.1) is 30.0 Å². The van der Waals surface area contributed by atoms with Crippen LogP contribution >= 0.6 is 111 Å². The summed E-state index contributed by atoms with van der Waals surface area (Å²) in [6.07, 6.45) is 0. The van der Waals surface area contributed by atoms with Gasteiger partial charge in [0.15, 0.2) is 0 Å². The summed E-state index contributed by atoms with van der Waals surface area (Å²) in [4.78, 5) is 1.59. The fraction of sp³-hybridized carbons (Fsp3) is 0. The molecule has 0 unspecified atom stereocenters. The maximum Gasteiger partial charge on any atom is 0.0809 e. The third-order valence-electron chi connectivity index (χ3n) is 2.28.